The zero-order chi connectivity index (χ0) is 13.5. The first-order valence-corrected chi connectivity index (χ1v) is 5.61. The molecule has 7 heteroatoms. The van der Waals surface area contributed by atoms with Gasteiger partial charge in [0.15, 0.2) is 0 Å². The van der Waals surface area contributed by atoms with Crippen LogP contribution in [0.2, 0.25) is 0 Å². The molecule has 0 bridgehead atoms. The average molecular weight is 300 g/mol. The first-order chi connectivity index (χ1) is 8.30. The first-order valence-electron chi connectivity index (χ1n) is 5.61. The summed E-state index contributed by atoms with van der Waals surface area (Å²) in [6.45, 7) is 0. The fraction of sp³-hybridized carbons (Fsp3) is 0.500. The van der Waals surface area contributed by atoms with Crippen LogP contribution in [0.25, 0.3) is 0 Å². The van der Waals surface area contributed by atoms with Crippen molar-refractivity contribution in [1.29, 1.82) is 0 Å². The van der Waals surface area contributed by atoms with Gasteiger partial charge in [-0.25, -0.2) is 4.39 Å². The molecule has 19 heavy (non-hydrogen) atoms. The van der Waals surface area contributed by atoms with E-state index in [1.165, 1.54) is 0 Å². The second kappa shape index (κ2) is 5.64. The summed E-state index contributed by atoms with van der Waals surface area (Å²) in [4.78, 5) is 0. The molecule has 0 radical (unpaired) electrons. The summed E-state index contributed by atoms with van der Waals surface area (Å²) in [6, 6.07) is 0.927. The Morgan fingerprint density at radius 3 is 2.32 bits per heavy atom. The molecule has 3 N–H and O–H groups in total. The number of aliphatic hydroxyl groups is 1. The van der Waals surface area contributed by atoms with Gasteiger partial charge in [-0.15, -0.1) is 12.4 Å². The SMILES string of the molecule is Cl.N[C@@H](c1cc(F)ccc1C(F)(F)F)[C@H](O)C1CC1. The van der Waals surface area contributed by atoms with E-state index in [-0.39, 0.29) is 23.9 Å². The van der Waals surface area contributed by atoms with Crippen molar-refractivity contribution >= 4 is 12.4 Å². The molecule has 0 amide bonds. The molecule has 0 aromatic heterocycles. The molecule has 0 spiro atoms. The third kappa shape index (κ3) is 3.58. The Balaban J connectivity index is 0.00000180. The van der Waals surface area contributed by atoms with Gasteiger partial charge in [0.25, 0.3) is 0 Å². The van der Waals surface area contributed by atoms with Crippen molar-refractivity contribution in [1.82, 2.24) is 0 Å². The van der Waals surface area contributed by atoms with Crippen LogP contribution in [0.15, 0.2) is 18.2 Å². The van der Waals surface area contributed by atoms with E-state index in [0.717, 1.165) is 25.0 Å². The maximum atomic E-state index is 13.1. The third-order valence-corrected chi connectivity index (χ3v) is 3.15. The van der Waals surface area contributed by atoms with E-state index in [9.17, 15) is 22.7 Å². The van der Waals surface area contributed by atoms with Crippen molar-refractivity contribution in [2.45, 2.75) is 31.2 Å². The number of nitrogens with two attached hydrogens (primary N) is 1. The number of benzene rings is 1. The highest BCUT2D eigenvalue weighted by Gasteiger charge is 2.39. The molecule has 1 aromatic rings. The zero-order valence-corrected chi connectivity index (χ0v) is 10.6. The molecule has 0 heterocycles. The lowest BCUT2D eigenvalue weighted by molar-refractivity contribution is -0.138. The monoisotopic (exact) mass is 299 g/mol. The van der Waals surface area contributed by atoms with Gasteiger partial charge in [-0.3, -0.25) is 0 Å². The zero-order valence-electron chi connectivity index (χ0n) is 9.82. The van der Waals surface area contributed by atoms with Crippen LogP contribution in [0.5, 0.6) is 0 Å². The second-order valence-electron chi connectivity index (χ2n) is 4.58. The molecule has 0 unspecified atom stereocenters. The van der Waals surface area contributed by atoms with Crippen LogP contribution in [-0.2, 0) is 6.18 Å². The van der Waals surface area contributed by atoms with E-state index in [0.29, 0.717) is 6.07 Å². The van der Waals surface area contributed by atoms with Gasteiger partial charge in [-0.1, -0.05) is 0 Å². The van der Waals surface area contributed by atoms with E-state index in [4.69, 9.17) is 5.73 Å². The largest absolute Gasteiger partial charge is 0.416 e. The van der Waals surface area contributed by atoms with Gasteiger partial charge < -0.3 is 10.8 Å². The maximum absolute atomic E-state index is 13.1. The molecular weight excluding hydrogens is 286 g/mol. The van der Waals surface area contributed by atoms with Gasteiger partial charge in [-0.2, -0.15) is 13.2 Å². The molecule has 2 rings (SSSR count). The average Bonchev–Trinajstić information content (AvgIpc) is 3.09. The van der Waals surface area contributed by atoms with Crippen LogP contribution < -0.4 is 5.73 Å². The van der Waals surface area contributed by atoms with Gasteiger partial charge in [-0.05, 0) is 42.5 Å². The van der Waals surface area contributed by atoms with Crippen LogP contribution in [0.3, 0.4) is 0 Å². The predicted molar refractivity (Wildman–Crippen MR) is 64.3 cm³/mol. The summed E-state index contributed by atoms with van der Waals surface area (Å²) in [5, 5.41) is 9.78. The lowest BCUT2D eigenvalue weighted by atomic mass is 9.94. The van der Waals surface area contributed by atoms with Gasteiger partial charge >= 0.3 is 6.18 Å². The molecule has 2 nitrogen and oxygen atoms in total. The highest BCUT2D eigenvalue weighted by molar-refractivity contribution is 5.85. The Hall–Kier alpha value is -0.850. The molecule has 2 atom stereocenters. The van der Waals surface area contributed by atoms with Gasteiger partial charge in [0.1, 0.15) is 5.82 Å². The van der Waals surface area contributed by atoms with Crippen molar-refractivity contribution in [3.63, 3.8) is 0 Å². The van der Waals surface area contributed by atoms with Gasteiger partial charge in [0.2, 0.25) is 0 Å². The molecule has 1 aliphatic carbocycles. The number of alkyl halides is 3. The van der Waals surface area contributed by atoms with Crippen LogP contribution >= 0.6 is 12.4 Å². The smallest absolute Gasteiger partial charge is 0.391 e. The molecule has 1 aromatic carbocycles. The maximum Gasteiger partial charge on any atom is 0.416 e. The van der Waals surface area contributed by atoms with E-state index >= 15 is 0 Å². The van der Waals surface area contributed by atoms with Crippen molar-refractivity contribution in [2.75, 3.05) is 0 Å². The molecule has 1 aliphatic rings. The van der Waals surface area contributed by atoms with Crippen LogP contribution in [0.4, 0.5) is 17.6 Å². The van der Waals surface area contributed by atoms with Gasteiger partial charge in [0, 0.05) is 0 Å². The highest BCUT2D eigenvalue weighted by Crippen LogP contribution is 2.40. The van der Waals surface area contributed by atoms with Crippen molar-refractivity contribution in [3.8, 4) is 0 Å². The standard InChI is InChI=1S/C12H13F4NO.ClH/c13-7-3-4-9(12(14,15)16)8(5-7)10(17)11(18)6-1-2-6;/h3-6,10-11,18H,1-2,17H2;1H/t10-,11+;/m0./s1. The summed E-state index contributed by atoms with van der Waals surface area (Å²) in [7, 11) is 0. The minimum Gasteiger partial charge on any atom is -0.391 e. The van der Waals surface area contributed by atoms with E-state index < -0.39 is 29.7 Å². The Bertz CT molecular complexity index is 448. The Morgan fingerprint density at radius 2 is 1.84 bits per heavy atom. The summed E-state index contributed by atoms with van der Waals surface area (Å²) < 4.78 is 51.4. The van der Waals surface area contributed by atoms with Crippen LogP contribution in [-0.4, -0.2) is 11.2 Å². The van der Waals surface area contributed by atoms with Crippen molar-refractivity contribution < 1.29 is 22.7 Å². The predicted octanol–water partition coefficient (Wildman–Crippen LogP) is 3.04. The number of hydrogen-bond donors (Lipinski definition) is 2. The fourth-order valence-corrected chi connectivity index (χ4v) is 1.98. The van der Waals surface area contributed by atoms with Crippen molar-refractivity contribution in [3.05, 3.63) is 35.1 Å². The second-order valence-corrected chi connectivity index (χ2v) is 4.58. The summed E-state index contributed by atoms with van der Waals surface area (Å²) in [5.74, 6) is -0.874. The summed E-state index contributed by atoms with van der Waals surface area (Å²) in [6.07, 6.45) is -4.19. The minimum atomic E-state index is -4.61. The quantitative estimate of drug-likeness (QED) is 0.843. The number of rotatable bonds is 3. The molecule has 1 fully saturated rings. The molecule has 108 valence electrons. The van der Waals surface area contributed by atoms with Gasteiger partial charge in [0.05, 0.1) is 17.7 Å². The van der Waals surface area contributed by atoms with Crippen LogP contribution in [0.1, 0.15) is 30.0 Å². The minimum absolute atomic E-state index is 0. The van der Waals surface area contributed by atoms with Crippen molar-refractivity contribution in [2.24, 2.45) is 11.7 Å². The summed E-state index contributed by atoms with van der Waals surface area (Å²) >= 11 is 0. The third-order valence-electron chi connectivity index (χ3n) is 3.15. The molecule has 0 saturated heterocycles. The van der Waals surface area contributed by atoms with E-state index in [2.05, 4.69) is 0 Å². The van der Waals surface area contributed by atoms with E-state index in [1.807, 2.05) is 0 Å². The highest BCUT2D eigenvalue weighted by atomic mass is 35.5. The lowest BCUT2D eigenvalue weighted by Crippen LogP contribution is -2.30. The number of aliphatic hydroxyl groups excluding tert-OH is 1. The van der Waals surface area contributed by atoms with Crippen LogP contribution in [0, 0.1) is 11.7 Å². The Labute approximate surface area is 114 Å². The Kier molecular flexibility index (Phi) is 4.81. The number of hydrogen-bond acceptors (Lipinski definition) is 2. The summed E-state index contributed by atoms with van der Waals surface area (Å²) in [5.41, 5.74) is 4.25. The van der Waals surface area contributed by atoms with E-state index in [1.54, 1.807) is 0 Å². The fourth-order valence-electron chi connectivity index (χ4n) is 1.98. The first kappa shape index (κ1) is 16.2. The number of halogens is 5. The topological polar surface area (TPSA) is 46.2 Å². The molecule has 0 aliphatic heterocycles. The lowest BCUT2D eigenvalue weighted by Gasteiger charge is -2.22. The molecule has 1 saturated carbocycles. The normalized spacial score (nSPS) is 18.6. The Morgan fingerprint density at radius 1 is 1.26 bits per heavy atom. The molecular formula is C12H14ClF4NO.